The second kappa shape index (κ2) is 6.88. The number of hydrogen-bond donors (Lipinski definition) is 0. The van der Waals surface area contributed by atoms with Crippen LogP contribution in [0.5, 0.6) is 23.3 Å². The minimum atomic E-state index is -1.67. The molecule has 1 unspecified atom stereocenters. The fourth-order valence-electron chi connectivity index (χ4n) is 7.95. The van der Waals surface area contributed by atoms with Crippen molar-refractivity contribution in [3.8, 4) is 40.3 Å². The summed E-state index contributed by atoms with van der Waals surface area (Å²) in [5, 5.41) is 5.31. The van der Waals surface area contributed by atoms with Gasteiger partial charge in [0.25, 0.3) is 11.4 Å². The SMILES string of the molecule is C[Si](C)(C)c1cc2[n+]3c(c1)-c1cc([Si](C)(C)C)cc4[n+]1C31c3c(cccc3-n3c5ccccc5c5ccc(c1c53)O4)O2. The molecule has 1 atom stereocenters. The van der Waals surface area contributed by atoms with Crippen LogP contribution < -0.4 is 29.0 Å². The molecule has 6 aromatic rings. The van der Waals surface area contributed by atoms with E-state index in [9.17, 15) is 0 Å². The van der Waals surface area contributed by atoms with Gasteiger partial charge in [0.1, 0.15) is 0 Å². The van der Waals surface area contributed by atoms with E-state index < -0.39 is 21.8 Å². The summed E-state index contributed by atoms with van der Waals surface area (Å²) in [7, 11) is -3.35. The predicted octanol–water partition coefficient (Wildman–Crippen LogP) is 6.25. The highest BCUT2D eigenvalue weighted by atomic mass is 28.3. The van der Waals surface area contributed by atoms with E-state index in [-0.39, 0.29) is 0 Å². The summed E-state index contributed by atoms with van der Waals surface area (Å²) in [4.78, 5) is 0. The summed E-state index contributed by atoms with van der Waals surface area (Å²) < 4.78 is 21.4. The molecule has 5 nitrogen and oxygen atoms in total. The van der Waals surface area contributed by atoms with Crippen molar-refractivity contribution in [2.24, 2.45) is 0 Å². The number of hydrogen-bond acceptors (Lipinski definition) is 2. The minimum absolute atomic E-state index is 0.646. The molecule has 4 aliphatic heterocycles. The van der Waals surface area contributed by atoms with Crippen LogP contribution in [-0.4, -0.2) is 20.7 Å². The summed E-state index contributed by atoms with van der Waals surface area (Å²) in [6.07, 6.45) is 0. The van der Waals surface area contributed by atoms with Crippen LogP contribution >= 0.6 is 0 Å². The highest BCUT2D eigenvalue weighted by Crippen LogP contribution is 2.57. The van der Waals surface area contributed by atoms with Crippen LogP contribution in [0.3, 0.4) is 0 Å². The normalized spacial score (nSPS) is 18.2. The third-order valence-corrected chi connectivity index (χ3v) is 13.9. The van der Waals surface area contributed by atoms with Crippen LogP contribution in [0.15, 0.2) is 78.9 Å². The molecule has 0 N–H and O–H groups in total. The Kier molecular flexibility index (Phi) is 3.83. The quantitative estimate of drug-likeness (QED) is 0.179. The Balaban J connectivity index is 1.50. The lowest BCUT2D eigenvalue weighted by atomic mass is 9.82. The summed E-state index contributed by atoms with van der Waals surface area (Å²) >= 11 is 0. The number of rotatable bonds is 2. The van der Waals surface area contributed by atoms with Gasteiger partial charge in [-0.1, -0.05) is 72.7 Å². The standard InChI is InChI=1S/C35H31N3O2Si2/c1-41(2,3)20-16-26-27-17-21(42(4,5)6)19-31-38(27)35-32-25(12-9-13-28(32)39-30(18-20)37(26)35)36-24-11-8-7-10-22(24)23-14-15-29(40-31)33(35)34(23)36/h7-19H,1-6H3/q+2. The second-order valence-corrected chi connectivity index (χ2v) is 24.5. The van der Waals surface area contributed by atoms with Crippen LogP contribution in [0.1, 0.15) is 11.1 Å². The summed E-state index contributed by atoms with van der Waals surface area (Å²) in [6.45, 7) is 14.5. The van der Waals surface area contributed by atoms with Gasteiger partial charge in [-0.3, -0.25) is 0 Å². The Morgan fingerprint density at radius 3 is 1.88 bits per heavy atom. The van der Waals surface area contributed by atoms with E-state index in [0.29, 0.717) is 0 Å². The van der Waals surface area contributed by atoms with Gasteiger partial charge in [0.2, 0.25) is 0 Å². The van der Waals surface area contributed by atoms with Crippen LogP contribution in [0.4, 0.5) is 0 Å². The van der Waals surface area contributed by atoms with Gasteiger partial charge in [0.05, 0.1) is 45.0 Å². The first kappa shape index (κ1) is 23.4. The number of aromatic nitrogens is 3. The van der Waals surface area contributed by atoms with Crippen molar-refractivity contribution >= 4 is 48.3 Å². The third-order valence-electron chi connectivity index (χ3n) is 9.88. The molecule has 7 heteroatoms. The number of nitrogens with zero attached hydrogens (tertiary/aromatic N) is 3. The molecular formula is C35H31N3O2Si2+2. The minimum Gasteiger partial charge on any atom is -0.404 e. The number of fused-ring (bicyclic) bond motifs is 5. The average Bonchev–Trinajstić information content (AvgIpc) is 3.44. The Bertz CT molecular complexity index is 2220. The van der Waals surface area contributed by atoms with Crippen LogP contribution in [0.25, 0.3) is 38.9 Å². The van der Waals surface area contributed by atoms with E-state index in [1.54, 1.807) is 0 Å². The lowest BCUT2D eigenvalue weighted by Gasteiger charge is -2.36. The Morgan fingerprint density at radius 2 is 1.24 bits per heavy atom. The molecule has 0 amide bonds. The van der Waals surface area contributed by atoms with E-state index in [1.165, 1.54) is 60.4 Å². The van der Waals surface area contributed by atoms with Gasteiger partial charge in [0, 0.05) is 22.9 Å². The van der Waals surface area contributed by atoms with Gasteiger partial charge >= 0.3 is 17.4 Å². The van der Waals surface area contributed by atoms with Gasteiger partial charge in [-0.2, -0.15) is 0 Å². The van der Waals surface area contributed by atoms with Gasteiger partial charge in [-0.15, -0.1) is 0 Å². The molecule has 1 spiro atoms. The van der Waals surface area contributed by atoms with Gasteiger partial charge in [0.15, 0.2) is 22.6 Å². The topological polar surface area (TPSA) is 31.2 Å². The maximum absolute atomic E-state index is 6.99. The zero-order valence-electron chi connectivity index (χ0n) is 24.7. The number of ether oxygens (including phenoxy) is 2. The first-order valence-electron chi connectivity index (χ1n) is 14.9. The van der Waals surface area contributed by atoms with Crippen molar-refractivity contribution < 1.29 is 18.6 Å². The van der Waals surface area contributed by atoms with Crippen LogP contribution in [0, 0.1) is 0 Å². The summed E-state index contributed by atoms with van der Waals surface area (Å²) in [6, 6.07) is 29.4. The lowest BCUT2D eigenvalue weighted by molar-refractivity contribution is -0.943. The molecule has 0 radical (unpaired) electrons. The van der Waals surface area contributed by atoms with Crippen molar-refractivity contribution in [2.75, 3.05) is 0 Å². The first-order valence-corrected chi connectivity index (χ1v) is 21.9. The highest BCUT2D eigenvalue weighted by Gasteiger charge is 2.74. The summed E-state index contributed by atoms with van der Waals surface area (Å²) in [5.41, 5.74) is 7.76. The first-order chi connectivity index (χ1) is 20.1. The molecule has 42 heavy (non-hydrogen) atoms. The van der Waals surface area contributed by atoms with Crippen molar-refractivity contribution in [3.05, 3.63) is 90.0 Å². The number of pyridine rings is 2. The smallest absolute Gasteiger partial charge is 0.404 e. The fourth-order valence-corrected chi connectivity index (χ4v) is 10.2. The Morgan fingerprint density at radius 1 is 0.619 bits per heavy atom. The van der Waals surface area contributed by atoms with Crippen molar-refractivity contribution in [3.63, 3.8) is 0 Å². The second-order valence-electron chi connectivity index (χ2n) is 14.3. The molecular weight excluding hydrogens is 551 g/mol. The van der Waals surface area contributed by atoms with Crippen LogP contribution in [0.2, 0.25) is 39.3 Å². The summed E-state index contributed by atoms with van der Waals surface area (Å²) in [5.74, 6) is 3.66. The largest absolute Gasteiger partial charge is 0.433 e. The molecule has 0 saturated carbocycles. The van der Waals surface area contributed by atoms with Gasteiger partial charge < -0.3 is 14.0 Å². The Labute approximate surface area is 246 Å². The molecule has 10 rings (SSSR count). The van der Waals surface area contributed by atoms with E-state index in [0.717, 1.165) is 23.3 Å². The molecule has 4 aliphatic rings. The molecule has 0 bridgehead atoms. The number of benzene rings is 3. The van der Waals surface area contributed by atoms with Crippen LogP contribution in [-0.2, 0) is 5.66 Å². The van der Waals surface area contributed by atoms with Crippen molar-refractivity contribution in [2.45, 2.75) is 44.9 Å². The van der Waals surface area contributed by atoms with E-state index >= 15 is 0 Å². The zero-order valence-corrected chi connectivity index (χ0v) is 26.7. The molecule has 204 valence electrons. The zero-order chi connectivity index (χ0) is 28.5. The van der Waals surface area contributed by atoms with Crippen molar-refractivity contribution in [1.29, 1.82) is 0 Å². The molecule has 3 aromatic heterocycles. The predicted molar refractivity (Wildman–Crippen MR) is 171 cm³/mol. The fraction of sp³-hybridized carbons (Fsp3) is 0.200. The Hall–Kier alpha value is -4.21. The van der Waals surface area contributed by atoms with E-state index in [2.05, 4.69) is 132 Å². The third kappa shape index (κ3) is 2.42. The molecule has 0 aliphatic carbocycles. The maximum Gasteiger partial charge on any atom is 0.433 e. The van der Waals surface area contributed by atoms with E-state index in [4.69, 9.17) is 9.47 Å². The highest BCUT2D eigenvalue weighted by molar-refractivity contribution is 6.89. The number of para-hydroxylation sites is 1. The molecule has 7 heterocycles. The van der Waals surface area contributed by atoms with Gasteiger partial charge in [-0.25, -0.2) is 0 Å². The van der Waals surface area contributed by atoms with Gasteiger partial charge in [-0.05, 0) is 40.7 Å². The molecule has 0 fully saturated rings. The maximum atomic E-state index is 6.99. The lowest BCUT2D eigenvalue weighted by Crippen LogP contribution is -2.74. The van der Waals surface area contributed by atoms with E-state index in [1.807, 2.05) is 0 Å². The molecule has 3 aromatic carbocycles. The van der Waals surface area contributed by atoms with Crippen molar-refractivity contribution in [1.82, 2.24) is 4.57 Å². The molecule has 0 saturated heterocycles. The monoisotopic (exact) mass is 581 g/mol. The average molecular weight is 582 g/mol.